The second kappa shape index (κ2) is 6.12. The van der Waals surface area contributed by atoms with Gasteiger partial charge in [0.05, 0.1) is 17.1 Å². The van der Waals surface area contributed by atoms with Crippen LogP contribution < -0.4 is 0 Å². The SMILES string of the molecule is Cc1ccc(-c2cc(C(=O)N3CCCC3c3nc4ccccc4[nH]3)n[nH]2)o1. The van der Waals surface area contributed by atoms with Crippen molar-refractivity contribution >= 4 is 16.9 Å². The number of carbonyl (C=O) groups is 1. The highest BCUT2D eigenvalue weighted by Gasteiger charge is 2.33. The van der Waals surface area contributed by atoms with Gasteiger partial charge in [0, 0.05) is 12.6 Å². The number of hydrogen-bond acceptors (Lipinski definition) is 4. The highest BCUT2D eigenvalue weighted by Crippen LogP contribution is 2.33. The molecule has 0 aliphatic carbocycles. The smallest absolute Gasteiger partial charge is 0.274 e. The molecule has 1 fully saturated rings. The van der Waals surface area contributed by atoms with Crippen LogP contribution in [0.25, 0.3) is 22.5 Å². The van der Waals surface area contributed by atoms with Gasteiger partial charge in [-0.2, -0.15) is 5.10 Å². The number of benzene rings is 1. The summed E-state index contributed by atoms with van der Waals surface area (Å²) in [6, 6.07) is 13.3. The lowest BCUT2D eigenvalue weighted by Gasteiger charge is -2.22. The number of nitrogens with zero attached hydrogens (tertiary/aromatic N) is 3. The van der Waals surface area contributed by atoms with E-state index in [1.807, 2.05) is 48.2 Å². The summed E-state index contributed by atoms with van der Waals surface area (Å²) in [6.45, 7) is 2.58. The molecule has 1 aromatic carbocycles. The number of hydrogen-bond donors (Lipinski definition) is 2. The molecule has 1 amide bonds. The molecule has 0 radical (unpaired) electrons. The minimum absolute atomic E-state index is 0.0593. The average molecular weight is 361 g/mol. The molecule has 7 nitrogen and oxygen atoms in total. The van der Waals surface area contributed by atoms with Gasteiger partial charge in [0.1, 0.15) is 17.3 Å². The summed E-state index contributed by atoms with van der Waals surface area (Å²) in [5, 5.41) is 7.11. The topological polar surface area (TPSA) is 90.8 Å². The van der Waals surface area contributed by atoms with Gasteiger partial charge in [0.25, 0.3) is 5.91 Å². The fourth-order valence-electron chi connectivity index (χ4n) is 3.71. The van der Waals surface area contributed by atoms with E-state index >= 15 is 0 Å². The predicted molar refractivity (Wildman–Crippen MR) is 100 cm³/mol. The molecule has 4 aromatic rings. The maximum atomic E-state index is 13.1. The minimum Gasteiger partial charge on any atom is -0.460 e. The molecule has 0 bridgehead atoms. The first-order valence-electron chi connectivity index (χ1n) is 9.07. The van der Waals surface area contributed by atoms with E-state index < -0.39 is 0 Å². The third-order valence-electron chi connectivity index (χ3n) is 5.04. The number of aromatic nitrogens is 4. The van der Waals surface area contributed by atoms with Crippen molar-refractivity contribution in [1.82, 2.24) is 25.1 Å². The van der Waals surface area contributed by atoms with Crippen LogP contribution in [0.15, 0.2) is 46.9 Å². The van der Waals surface area contributed by atoms with Crippen LogP contribution >= 0.6 is 0 Å². The van der Waals surface area contributed by atoms with Gasteiger partial charge in [-0.05, 0) is 44.0 Å². The van der Waals surface area contributed by atoms with Gasteiger partial charge in [-0.25, -0.2) is 4.98 Å². The number of nitrogens with one attached hydrogen (secondary N) is 2. The molecule has 0 spiro atoms. The maximum Gasteiger partial charge on any atom is 0.274 e. The van der Waals surface area contributed by atoms with Crippen molar-refractivity contribution in [3.8, 4) is 11.5 Å². The molecular formula is C20H19N5O2. The highest BCUT2D eigenvalue weighted by molar-refractivity contribution is 5.93. The molecule has 27 heavy (non-hydrogen) atoms. The van der Waals surface area contributed by atoms with Gasteiger partial charge in [-0.1, -0.05) is 12.1 Å². The lowest BCUT2D eigenvalue weighted by molar-refractivity contribution is 0.0724. The summed E-state index contributed by atoms with van der Waals surface area (Å²) in [5.41, 5.74) is 3.00. The number of carbonyl (C=O) groups excluding carboxylic acids is 1. The summed E-state index contributed by atoms with van der Waals surface area (Å²) in [6.07, 6.45) is 1.84. The second-order valence-electron chi connectivity index (χ2n) is 6.87. The van der Waals surface area contributed by atoms with Crippen LogP contribution in [0, 0.1) is 6.92 Å². The van der Waals surface area contributed by atoms with Crippen LogP contribution in [-0.4, -0.2) is 37.5 Å². The van der Waals surface area contributed by atoms with Crippen molar-refractivity contribution in [2.24, 2.45) is 0 Å². The van der Waals surface area contributed by atoms with E-state index in [0.717, 1.165) is 35.5 Å². The van der Waals surface area contributed by atoms with Gasteiger partial charge in [0.15, 0.2) is 11.5 Å². The first kappa shape index (κ1) is 15.9. The van der Waals surface area contributed by atoms with Gasteiger partial charge in [-0.15, -0.1) is 0 Å². The number of para-hydroxylation sites is 2. The predicted octanol–water partition coefficient (Wildman–Crippen LogP) is 3.83. The maximum absolute atomic E-state index is 13.1. The third-order valence-corrected chi connectivity index (χ3v) is 5.04. The summed E-state index contributed by atoms with van der Waals surface area (Å²) in [5.74, 6) is 2.23. The Morgan fingerprint density at radius 2 is 2.15 bits per heavy atom. The second-order valence-corrected chi connectivity index (χ2v) is 6.87. The molecule has 4 heterocycles. The van der Waals surface area contributed by atoms with Crippen LogP contribution in [0.4, 0.5) is 0 Å². The van der Waals surface area contributed by atoms with Gasteiger partial charge < -0.3 is 14.3 Å². The van der Waals surface area contributed by atoms with E-state index in [0.29, 0.717) is 23.7 Å². The molecule has 1 unspecified atom stereocenters. The van der Waals surface area contributed by atoms with Crippen LogP contribution in [0.5, 0.6) is 0 Å². The highest BCUT2D eigenvalue weighted by atomic mass is 16.3. The number of aromatic amines is 2. The summed E-state index contributed by atoms with van der Waals surface area (Å²) < 4.78 is 5.60. The number of furan rings is 1. The number of rotatable bonds is 3. The summed E-state index contributed by atoms with van der Waals surface area (Å²) >= 11 is 0. The number of likely N-dealkylation sites (tertiary alicyclic amines) is 1. The molecule has 5 rings (SSSR count). The van der Waals surface area contributed by atoms with Crippen molar-refractivity contribution in [3.63, 3.8) is 0 Å². The minimum atomic E-state index is -0.0938. The average Bonchev–Trinajstić information content (AvgIpc) is 3.44. The Hall–Kier alpha value is -3.35. The lowest BCUT2D eigenvalue weighted by atomic mass is 10.2. The van der Waals surface area contributed by atoms with Crippen molar-refractivity contribution in [1.29, 1.82) is 0 Å². The van der Waals surface area contributed by atoms with Crippen LogP contribution in [0.1, 0.15) is 41.0 Å². The molecule has 136 valence electrons. The van der Waals surface area contributed by atoms with Crippen molar-refractivity contribution in [3.05, 3.63) is 59.7 Å². The number of fused-ring (bicyclic) bond motifs is 1. The molecule has 3 aromatic heterocycles. The molecule has 0 saturated carbocycles. The Morgan fingerprint density at radius 1 is 1.26 bits per heavy atom. The number of amides is 1. The Labute approximate surface area is 155 Å². The fourth-order valence-corrected chi connectivity index (χ4v) is 3.71. The first-order valence-corrected chi connectivity index (χ1v) is 9.07. The van der Waals surface area contributed by atoms with E-state index in [1.165, 1.54) is 0 Å². The van der Waals surface area contributed by atoms with Gasteiger partial charge in [-0.3, -0.25) is 9.89 Å². The normalized spacial score (nSPS) is 17.1. The van der Waals surface area contributed by atoms with Crippen LogP contribution in [0.3, 0.4) is 0 Å². The molecular weight excluding hydrogens is 342 g/mol. The van der Waals surface area contributed by atoms with E-state index in [2.05, 4.69) is 20.2 Å². The Kier molecular flexibility index (Phi) is 3.60. The first-order chi connectivity index (χ1) is 13.2. The van der Waals surface area contributed by atoms with E-state index in [9.17, 15) is 4.79 Å². The number of imidazole rings is 1. The van der Waals surface area contributed by atoms with Crippen LogP contribution in [0.2, 0.25) is 0 Å². The van der Waals surface area contributed by atoms with Crippen molar-refractivity contribution in [2.45, 2.75) is 25.8 Å². The Balaban J connectivity index is 1.43. The molecule has 1 aliphatic heterocycles. The lowest BCUT2D eigenvalue weighted by Crippen LogP contribution is -2.31. The monoisotopic (exact) mass is 361 g/mol. The van der Waals surface area contributed by atoms with E-state index in [4.69, 9.17) is 4.42 Å². The Morgan fingerprint density at radius 3 is 2.96 bits per heavy atom. The van der Waals surface area contributed by atoms with Crippen molar-refractivity contribution in [2.75, 3.05) is 6.54 Å². The fraction of sp³-hybridized carbons (Fsp3) is 0.250. The molecule has 1 aliphatic rings. The zero-order chi connectivity index (χ0) is 18.4. The number of H-pyrrole nitrogens is 2. The molecule has 1 atom stereocenters. The Bertz CT molecular complexity index is 1090. The van der Waals surface area contributed by atoms with Gasteiger partial charge in [0.2, 0.25) is 0 Å². The zero-order valence-corrected chi connectivity index (χ0v) is 14.9. The quantitative estimate of drug-likeness (QED) is 0.580. The van der Waals surface area contributed by atoms with Gasteiger partial charge >= 0.3 is 0 Å². The summed E-state index contributed by atoms with van der Waals surface area (Å²) in [4.78, 5) is 23.0. The zero-order valence-electron chi connectivity index (χ0n) is 14.9. The summed E-state index contributed by atoms with van der Waals surface area (Å²) in [7, 11) is 0. The molecule has 1 saturated heterocycles. The third kappa shape index (κ3) is 2.71. The van der Waals surface area contributed by atoms with E-state index in [-0.39, 0.29) is 11.9 Å². The van der Waals surface area contributed by atoms with Crippen molar-refractivity contribution < 1.29 is 9.21 Å². The van der Waals surface area contributed by atoms with E-state index in [1.54, 1.807) is 6.07 Å². The number of aryl methyl sites for hydroxylation is 1. The standard InChI is InChI=1S/C20H19N5O2/c1-12-8-9-18(27-12)15-11-16(24-23-15)20(26)25-10-4-7-17(25)19-21-13-5-2-3-6-14(13)22-19/h2-3,5-6,8-9,11,17H,4,7,10H2,1H3,(H,21,22)(H,23,24). The molecule has 2 N–H and O–H groups in total. The largest absolute Gasteiger partial charge is 0.460 e. The van der Waals surface area contributed by atoms with Crippen LogP contribution in [-0.2, 0) is 0 Å². The molecule has 7 heteroatoms.